The standard InChI is InChI=1S/C16H13N3O/c20-16-12-15(10-9-13-6-4-5-11-17-13)19(18-16)14-7-2-1-3-8-14/h1-12H,(H,18,20). The third-order valence-corrected chi connectivity index (χ3v) is 2.89. The Balaban J connectivity index is 1.99. The highest BCUT2D eigenvalue weighted by molar-refractivity contribution is 5.67. The van der Waals surface area contributed by atoms with Gasteiger partial charge < -0.3 is 0 Å². The lowest BCUT2D eigenvalue weighted by Crippen LogP contribution is -2.03. The maximum Gasteiger partial charge on any atom is 0.264 e. The molecule has 0 saturated heterocycles. The molecule has 3 rings (SSSR count). The molecule has 4 heteroatoms. The van der Waals surface area contributed by atoms with Crippen LogP contribution in [0.15, 0.2) is 65.6 Å². The summed E-state index contributed by atoms with van der Waals surface area (Å²) in [5.41, 5.74) is 2.41. The van der Waals surface area contributed by atoms with Crippen LogP contribution in [0.2, 0.25) is 0 Å². The Morgan fingerprint density at radius 3 is 2.55 bits per heavy atom. The number of benzene rings is 1. The second-order valence-electron chi connectivity index (χ2n) is 4.30. The molecule has 0 unspecified atom stereocenters. The number of aromatic nitrogens is 3. The fraction of sp³-hybridized carbons (Fsp3) is 0. The highest BCUT2D eigenvalue weighted by Crippen LogP contribution is 2.10. The molecule has 1 N–H and O–H groups in total. The molecule has 0 aliphatic carbocycles. The van der Waals surface area contributed by atoms with E-state index in [0.717, 1.165) is 17.1 Å². The molecule has 20 heavy (non-hydrogen) atoms. The summed E-state index contributed by atoms with van der Waals surface area (Å²) in [6.07, 6.45) is 5.48. The second kappa shape index (κ2) is 5.40. The molecule has 0 aliphatic heterocycles. The van der Waals surface area contributed by atoms with Crippen LogP contribution in [-0.2, 0) is 0 Å². The number of rotatable bonds is 3. The van der Waals surface area contributed by atoms with Gasteiger partial charge in [-0.1, -0.05) is 24.3 Å². The molecule has 4 nitrogen and oxygen atoms in total. The molecule has 98 valence electrons. The lowest BCUT2D eigenvalue weighted by Gasteiger charge is -2.04. The molecular formula is C16H13N3O. The Bertz CT molecular complexity index is 770. The summed E-state index contributed by atoms with van der Waals surface area (Å²) in [6.45, 7) is 0. The van der Waals surface area contributed by atoms with E-state index >= 15 is 0 Å². The van der Waals surface area contributed by atoms with Gasteiger partial charge in [-0.25, -0.2) is 0 Å². The quantitative estimate of drug-likeness (QED) is 0.790. The Kier molecular flexibility index (Phi) is 3.29. The molecule has 0 spiro atoms. The molecule has 0 bridgehead atoms. The van der Waals surface area contributed by atoms with Crippen molar-refractivity contribution >= 4 is 12.2 Å². The molecule has 0 fully saturated rings. The van der Waals surface area contributed by atoms with E-state index in [9.17, 15) is 4.79 Å². The third-order valence-electron chi connectivity index (χ3n) is 2.89. The molecule has 0 radical (unpaired) electrons. The molecule has 0 atom stereocenters. The molecule has 3 aromatic rings. The molecule has 0 aliphatic rings. The second-order valence-corrected chi connectivity index (χ2v) is 4.30. The number of H-pyrrole nitrogens is 1. The van der Waals surface area contributed by atoms with Gasteiger partial charge in [0, 0.05) is 12.3 Å². The largest absolute Gasteiger partial charge is 0.268 e. The minimum absolute atomic E-state index is 0.130. The summed E-state index contributed by atoms with van der Waals surface area (Å²) in [5.74, 6) is 0. The zero-order valence-corrected chi connectivity index (χ0v) is 10.7. The maximum absolute atomic E-state index is 11.6. The number of hydrogen-bond acceptors (Lipinski definition) is 2. The van der Waals surface area contributed by atoms with Gasteiger partial charge >= 0.3 is 0 Å². The first-order chi connectivity index (χ1) is 9.83. The number of pyridine rings is 1. The maximum atomic E-state index is 11.6. The Labute approximate surface area is 116 Å². The predicted octanol–water partition coefficient (Wildman–Crippen LogP) is 2.73. The van der Waals surface area contributed by atoms with Gasteiger partial charge in [0.15, 0.2) is 0 Å². The van der Waals surface area contributed by atoms with Gasteiger partial charge in [-0.05, 0) is 36.4 Å². The lowest BCUT2D eigenvalue weighted by atomic mass is 10.2. The molecule has 1 aromatic carbocycles. The Hall–Kier alpha value is -2.88. The van der Waals surface area contributed by atoms with Crippen LogP contribution in [0.3, 0.4) is 0 Å². The van der Waals surface area contributed by atoms with Crippen LogP contribution in [0.25, 0.3) is 17.8 Å². The van der Waals surface area contributed by atoms with Crippen LogP contribution >= 0.6 is 0 Å². The topological polar surface area (TPSA) is 50.7 Å². The zero-order chi connectivity index (χ0) is 13.8. The van der Waals surface area contributed by atoms with Gasteiger partial charge in [0.05, 0.1) is 17.1 Å². The average molecular weight is 263 g/mol. The highest BCUT2D eigenvalue weighted by atomic mass is 16.1. The van der Waals surface area contributed by atoms with Crippen molar-refractivity contribution in [2.45, 2.75) is 0 Å². The summed E-state index contributed by atoms with van der Waals surface area (Å²) in [5, 5.41) is 2.79. The monoisotopic (exact) mass is 263 g/mol. The van der Waals surface area contributed by atoms with E-state index in [4.69, 9.17) is 0 Å². The first-order valence-electron chi connectivity index (χ1n) is 6.29. The van der Waals surface area contributed by atoms with E-state index in [-0.39, 0.29) is 5.56 Å². The Morgan fingerprint density at radius 1 is 1.00 bits per heavy atom. The van der Waals surface area contributed by atoms with Crippen LogP contribution < -0.4 is 5.56 Å². The average Bonchev–Trinajstić information content (AvgIpc) is 2.88. The third kappa shape index (κ3) is 2.59. The van der Waals surface area contributed by atoms with Crippen molar-refractivity contribution in [1.82, 2.24) is 14.8 Å². The van der Waals surface area contributed by atoms with E-state index < -0.39 is 0 Å². The smallest absolute Gasteiger partial charge is 0.264 e. The normalized spacial score (nSPS) is 11.0. The number of aromatic amines is 1. The lowest BCUT2D eigenvalue weighted by molar-refractivity contribution is 0.856. The minimum atomic E-state index is -0.130. The van der Waals surface area contributed by atoms with E-state index in [2.05, 4.69) is 10.1 Å². The van der Waals surface area contributed by atoms with Crippen LogP contribution in [0.5, 0.6) is 0 Å². The summed E-state index contributed by atoms with van der Waals surface area (Å²) >= 11 is 0. The van der Waals surface area contributed by atoms with Crippen molar-refractivity contribution in [3.05, 3.63) is 82.5 Å². The molecular weight excluding hydrogens is 250 g/mol. The van der Waals surface area contributed by atoms with Crippen LogP contribution in [0.4, 0.5) is 0 Å². The van der Waals surface area contributed by atoms with Crippen molar-refractivity contribution < 1.29 is 0 Å². The van der Waals surface area contributed by atoms with E-state index in [1.165, 1.54) is 0 Å². The summed E-state index contributed by atoms with van der Waals surface area (Å²) in [6, 6.07) is 16.9. The van der Waals surface area contributed by atoms with Crippen LogP contribution in [0, 0.1) is 0 Å². The van der Waals surface area contributed by atoms with Gasteiger partial charge in [0.2, 0.25) is 0 Å². The van der Waals surface area contributed by atoms with Gasteiger partial charge in [0.1, 0.15) is 0 Å². The highest BCUT2D eigenvalue weighted by Gasteiger charge is 2.03. The minimum Gasteiger partial charge on any atom is -0.268 e. The molecule has 2 aromatic heterocycles. The molecule has 0 saturated carbocycles. The first kappa shape index (κ1) is 12.2. The summed E-state index contributed by atoms with van der Waals surface area (Å²) < 4.78 is 1.75. The van der Waals surface area contributed by atoms with E-state index in [1.54, 1.807) is 16.9 Å². The first-order valence-corrected chi connectivity index (χ1v) is 6.29. The van der Waals surface area contributed by atoms with Crippen LogP contribution in [0.1, 0.15) is 11.4 Å². The number of para-hydroxylation sites is 1. The van der Waals surface area contributed by atoms with Crippen LogP contribution in [-0.4, -0.2) is 14.8 Å². The van der Waals surface area contributed by atoms with Gasteiger partial charge in [-0.15, -0.1) is 0 Å². The number of hydrogen-bond donors (Lipinski definition) is 1. The van der Waals surface area contributed by atoms with Crippen molar-refractivity contribution in [3.63, 3.8) is 0 Å². The van der Waals surface area contributed by atoms with Gasteiger partial charge in [-0.2, -0.15) is 0 Å². The summed E-state index contributed by atoms with van der Waals surface area (Å²) in [7, 11) is 0. The van der Waals surface area contributed by atoms with E-state index in [1.807, 2.05) is 60.7 Å². The zero-order valence-electron chi connectivity index (χ0n) is 10.7. The van der Waals surface area contributed by atoms with E-state index in [0.29, 0.717) is 0 Å². The van der Waals surface area contributed by atoms with Crippen molar-refractivity contribution in [2.24, 2.45) is 0 Å². The fourth-order valence-electron chi connectivity index (χ4n) is 1.96. The number of nitrogens with one attached hydrogen (secondary N) is 1. The van der Waals surface area contributed by atoms with Crippen molar-refractivity contribution in [2.75, 3.05) is 0 Å². The predicted molar refractivity (Wildman–Crippen MR) is 79.6 cm³/mol. The molecule has 0 amide bonds. The van der Waals surface area contributed by atoms with Crippen molar-refractivity contribution in [3.8, 4) is 5.69 Å². The fourth-order valence-corrected chi connectivity index (χ4v) is 1.96. The van der Waals surface area contributed by atoms with Gasteiger partial charge in [-0.3, -0.25) is 19.6 Å². The number of nitrogens with zero attached hydrogens (tertiary/aromatic N) is 2. The Morgan fingerprint density at radius 2 is 1.80 bits per heavy atom. The van der Waals surface area contributed by atoms with Gasteiger partial charge in [0.25, 0.3) is 5.56 Å². The van der Waals surface area contributed by atoms with Crippen molar-refractivity contribution in [1.29, 1.82) is 0 Å². The SMILES string of the molecule is O=c1cc(C=Cc2ccccn2)n(-c2ccccc2)[nH]1. The molecule has 2 heterocycles. The summed E-state index contributed by atoms with van der Waals surface area (Å²) in [4.78, 5) is 15.8.